The first-order valence-corrected chi connectivity index (χ1v) is 20.1. The van der Waals surface area contributed by atoms with Crippen LogP contribution in [-0.2, 0) is 16.2 Å². The zero-order chi connectivity index (χ0) is 39.1. The topological polar surface area (TPSA) is 0 Å². The Morgan fingerprint density at radius 3 is 1.35 bits per heavy atom. The van der Waals surface area contributed by atoms with Gasteiger partial charge >= 0.3 is 6.99 Å². The van der Waals surface area contributed by atoms with Crippen LogP contribution in [0, 0.1) is 41.5 Å². The Kier molecular flexibility index (Phi) is 9.54. The second-order valence-corrected chi connectivity index (χ2v) is 18.8. The summed E-state index contributed by atoms with van der Waals surface area (Å²) in [7, 11) is 0. The van der Waals surface area contributed by atoms with E-state index in [0.29, 0.717) is 0 Å². The molecule has 0 heterocycles. The summed E-state index contributed by atoms with van der Waals surface area (Å²) in [4.78, 5) is 0. The van der Waals surface area contributed by atoms with Gasteiger partial charge < -0.3 is 4.32 Å². The van der Waals surface area contributed by atoms with Crippen LogP contribution in [0.1, 0.15) is 108 Å². The zero-order valence-corrected chi connectivity index (χ0v) is 35.7. The highest BCUT2D eigenvalue weighted by Crippen LogP contribution is 2.64. The molecule has 1 spiro atoms. The number of aryl methyl sites for hydroxylation is 6. The van der Waals surface area contributed by atoms with Gasteiger partial charge in [-0.1, -0.05) is 188 Å². The van der Waals surface area contributed by atoms with Crippen molar-refractivity contribution in [2.75, 3.05) is 0 Å². The fourth-order valence-corrected chi connectivity index (χ4v) is 10.0. The third-order valence-electron chi connectivity index (χ3n) is 11.9. The lowest BCUT2D eigenvalue weighted by atomic mass is 9.53. The predicted octanol–water partition coefficient (Wildman–Crippen LogP) is 13.0. The number of fused-ring (bicyclic) bond motifs is 10. The summed E-state index contributed by atoms with van der Waals surface area (Å²) >= 11 is 3.92. The Morgan fingerprint density at radius 2 is 0.907 bits per heavy atom. The SMILES string of the molecule is CC(C)(C)c1ccc2c(c1)C1(c3cc(C(C)(C)C)ccc3-2)c2ccccc2-c2c(Br)cccc21.Cc1cc(C)c(B(F)c2c(C)cc(C)cc2C)c(C)c1. The molecular formula is C51H53BBrF. The van der Waals surface area contributed by atoms with Crippen molar-refractivity contribution >= 4 is 33.8 Å². The molecule has 0 N–H and O–H groups in total. The van der Waals surface area contributed by atoms with Gasteiger partial charge in [-0.15, -0.1) is 0 Å². The monoisotopic (exact) mass is 774 g/mol. The van der Waals surface area contributed by atoms with Crippen molar-refractivity contribution in [2.24, 2.45) is 0 Å². The smallest absolute Gasteiger partial charge is 0.322 e. The number of hydrogen-bond acceptors (Lipinski definition) is 0. The fourth-order valence-electron chi connectivity index (χ4n) is 9.45. The van der Waals surface area contributed by atoms with E-state index in [0.717, 1.165) is 33.2 Å². The maximum atomic E-state index is 15.2. The van der Waals surface area contributed by atoms with Crippen LogP contribution < -0.4 is 10.9 Å². The van der Waals surface area contributed by atoms with E-state index in [4.69, 9.17) is 0 Å². The van der Waals surface area contributed by atoms with Crippen LogP contribution in [-0.4, -0.2) is 6.99 Å². The minimum atomic E-state index is -1.05. The van der Waals surface area contributed by atoms with Crippen molar-refractivity contribution in [3.05, 3.63) is 174 Å². The average Bonchev–Trinajstić information content (AvgIpc) is 3.54. The Hall–Kier alpha value is -4.21. The molecule has 0 aromatic heterocycles. The summed E-state index contributed by atoms with van der Waals surface area (Å²) in [6.45, 7) is 25.0. The molecule has 0 radical (unpaired) electrons. The van der Waals surface area contributed by atoms with Gasteiger partial charge in [-0.3, -0.25) is 0 Å². The summed E-state index contributed by atoms with van der Waals surface area (Å²) in [6, 6.07) is 38.4. The van der Waals surface area contributed by atoms with Gasteiger partial charge in [0, 0.05) is 10.0 Å². The summed E-state index contributed by atoms with van der Waals surface area (Å²) in [5, 5.41) is 0. The molecule has 2 aliphatic rings. The summed E-state index contributed by atoms with van der Waals surface area (Å²) in [6.07, 6.45) is 0. The lowest BCUT2D eigenvalue weighted by molar-refractivity contribution is 0.586. The van der Waals surface area contributed by atoms with Gasteiger partial charge in [0.15, 0.2) is 0 Å². The molecule has 0 fully saturated rings. The van der Waals surface area contributed by atoms with Crippen LogP contribution in [0.4, 0.5) is 4.32 Å². The van der Waals surface area contributed by atoms with Crippen LogP contribution in [0.2, 0.25) is 0 Å². The Bertz CT molecular complexity index is 2290. The van der Waals surface area contributed by atoms with E-state index in [1.54, 1.807) is 0 Å². The molecule has 0 amide bonds. The van der Waals surface area contributed by atoms with Crippen molar-refractivity contribution in [2.45, 2.75) is 99.3 Å². The van der Waals surface area contributed by atoms with Crippen LogP contribution in [0.25, 0.3) is 22.3 Å². The summed E-state index contributed by atoms with van der Waals surface area (Å²) < 4.78 is 16.3. The minimum absolute atomic E-state index is 0.0831. The molecule has 0 saturated carbocycles. The van der Waals surface area contributed by atoms with Gasteiger partial charge in [0.05, 0.1) is 5.41 Å². The zero-order valence-electron chi connectivity index (χ0n) is 34.1. The minimum Gasteiger partial charge on any atom is -0.322 e. The molecule has 3 heteroatoms. The molecule has 0 aliphatic heterocycles. The van der Waals surface area contributed by atoms with E-state index in [1.807, 2.05) is 27.7 Å². The molecular weight excluding hydrogens is 722 g/mol. The molecule has 0 unspecified atom stereocenters. The number of hydrogen-bond donors (Lipinski definition) is 0. The second kappa shape index (κ2) is 13.5. The highest BCUT2D eigenvalue weighted by molar-refractivity contribution is 9.10. The second-order valence-electron chi connectivity index (χ2n) is 18.0. The van der Waals surface area contributed by atoms with E-state index in [1.165, 1.54) is 71.2 Å². The lowest BCUT2D eigenvalue weighted by Gasteiger charge is -2.32. The van der Waals surface area contributed by atoms with Crippen molar-refractivity contribution in [1.82, 2.24) is 0 Å². The molecule has 6 aromatic carbocycles. The largest absolute Gasteiger partial charge is 0.414 e. The van der Waals surface area contributed by atoms with Crippen molar-refractivity contribution in [1.29, 1.82) is 0 Å². The predicted molar refractivity (Wildman–Crippen MR) is 235 cm³/mol. The van der Waals surface area contributed by atoms with Gasteiger partial charge in [0.25, 0.3) is 0 Å². The van der Waals surface area contributed by atoms with E-state index < -0.39 is 6.99 Å². The quantitative estimate of drug-likeness (QED) is 0.153. The van der Waals surface area contributed by atoms with E-state index in [-0.39, 0.29) is 16.2 Å². The Balaban J connectivity index is 0.000000193. The number of benzene rings is 6. The average molecular weight is 776 g/mol. The van der Waals surface area contributed by atoms with E-state index in [9.17, 15) is 0 Å². The standard InChI is InChI=1S/C33H31Br.C18H22BF/c1-31(2,3)20-14-16-22-23-17-15-21(32(4,5)6)19-28(23)33(27(22)18-20)25-11-8-7-10-24(25)30-26(33)12-9-13-29(30)34;1-11-7-13(3)17(14(4)8-11)19(20)18-15(5)9-12(2)10-16(18)6/h7-19H,1-6H3;7-10H,1-6H3. The molecule has 8 rings (SSSR count). The lowest BCUT2D eigenvalue weighted by Crippen LogP contribution is -2.44. The highest BCUT2D eigenvalue weighted by Gasteiger charge is 2.52. The van der Waals surface area contributed by atoms with Crippen LogP contribution >= 0.6 is 15.9 Å². The summed E-state index contributed by atoms with van der Waals surface area (Å²) in [5.41, 5.74) is 21.8. The first kappa shape index (κ1) is 38.1. The number of halogens is 2. The number of rotatable bonds is 2. The molecule has 2 aliphatic carbocycles. The molecule has 274 valence electrons. The van der Waals surface area contributed by atoms with Crippen LogP contribution in [0.15, 0.2) is 108 Å². The normalized spacial score (nSPS) is 13.5. The van der Waals surface area contributed by atoms with Gasteiger partial charge in [-0.25, -0.2) is 0 Å². The molecule has 6 aromatic rings. The Labute approximate surface area is 332 Å². The van der Waals surface area contributed by atoms with Gasteiger partial charge in [-0.05, 0) is 119 Å². The van der Waals surface area contributed by atoms with Gasteiger partial charge in [-0.2, -0.15) is 0 Å². The molecule has 0 bridgehead atoms. The first-order chi connectivity index (χ1) is 25.3. The van der Waals surface area contributed by atoms with Crippen molar-refractivity contribution in [3.8, 4) is 22.3 Å². The molecule has 0 atom stereocenters. The van der Waals surface area contributed by atoms with Crippen LogP contribution in [0.3, 0.4) is 0 Å². The summed E-state index contributed by atoms with van der Waals surface area (Å²) in [5.74, 6) is 0. The maximum absolute atomic E-state index is 15.2. The fraction of sp³-hybridized carbons (Fsp3) is 0.294. The van der Waals surface area contributed by atoms with Crippen LogP contribution in [0.5, 0.6) is 0 Å². The van der Waals surface area contributed by atoms with Crippen molar-refractivity contribution < 1.29 is 4.32 Å². The van der Waals surface area contributed by atoms with E-state index >= 15 is 4.32 Å². The Morgan fingerprint density at radius 1 is 0.481 bits per heavy atom. The third-order valence-corrected chi connectivity index (χ3v) is 12.5. The highest BCUT2D eigenvalue weighted by atomic mass is 79.9. The van der Waals surface area contributed by atoms with Crippen molar-refractivity contribution in [3.63, 3.8) is 0 Å². The molecule has 0 nitrogen and oxygen atoms in total. The molecule has 0 saturated heterocycles. The first-order valence-electron chi connectivity index (χ1n) is 19.3. The van der Waals surface area contributed by atoms with Gasteiger partial charge in [0.1, 0.15) is 0 Å². The third kappa shape index (κ3) is 6.12. The van der Waals surface area contributed by atoms with E-state index in [2.05, 4.69) is 174 Å². The van der Waals surface area contributed by atoms with Gasteiger partial charge in [0.2, 0.25) is 0 Å². The molecule has 54 heavy (non-hydrogen) atoms. The maximum Gasteiger partial charge on any atom is 0.414 e.